The highest BCUT2D eigenvalue weighted by Crippen LogP contribution is 2.27. The number of amides is 1. The highest BCUT2D eigenvalue weighted by atomic mass is 32.2. The van der Waals surface area contributed by atoms with E-state index in [-0.39, 0.29) is 24.5 Å². The Morgan fingerprint density at radius 1 is 0.974 bits per heavy atom. The second-order valence-corrected chi connectivity index (χ2v) is 11.2. The van der Waals surface area contributed by atoms with E-state index in [1.54, 1.807) is 69.3 Å². The van der Waals surface area contributed by atoms with Gasteiger partial charge in [-0.1, -0.05) is 54.6 Å². The average Bonchev–Trinajstić information content (AvgIpc) is 2.84. The number of halogens is 1. The fraction of sp³-hybridized carbons (Fsp3) is 0.222. The van der Waals surface area contributed by atoms with Gasteiger partial charge in [-0.2, -0.15) is 17.8 Å². The topological polar surface area (TPSA) is 125 Å². The van der Waals surface area contributed by atoms with E-state index in [2.05, 4.69) is 9.28 Å². The molecule has 0 atom stereocenters. The van der Waals surface area contributed by atoms with Crippen LogP contribution in [-0.2, 0) is 27.6 Å². The van der Waals surface area contributed by atoms with Crippen LogP contribution in [0.25, 0.3) is 22.0 Å². The van der Waals surface area contributed by atoms with Crippen LogP contribution in [0.15, 0.2) is 77.6 Å². The van der Waals surface area contributed by atoms with Gasteiger partial charge >= 0.3 is 16.4 Å². The molecule has 2 N–H and O–H groups in total. The van der Waals surface area contributed by atoms with Crippen molar-refractivity contribution in [2.24, 2.45) is 5.73 Å². The van der Waals surface area contributed by atoms with Gasteiger partial charge in [0.15, 0.2) is 0 Å². The van der Waals surface area contributed by atoms with Gasteiger partial charge in [-0.3, -0.25) is 4.79 Å². The number of rotatable bonds is 7. The van der Waals surface area contributed by atoms with E-state index in [1.165, 1.54) is 16.8 Å². The van der Waals surface area contributed by atoms with Gasteiger partial charge in [0.05, 0.1) is 17.6 Å². The van der Waals surface area contributed by atoms with Crippen LogP contribution >= 0.6 is 0 Å². The number of benzene rings is 3. The number of nitrogens with zero attached hydrogens (tertiary/aromatic N) is 3. The van der Waals surface area contributed by atoms with Gasteiger partial charge in [0.1, 0.15) is 5.82 Å². The van der Waals surface area contributed by atoms with Gasteiger partial charge in [0, 0.05) is 23.0 Å². The Labute approximate surface area is 219 Å². The summed E-state index contributed by atoms with van der Waals surface area (Å²) in [4.78, 5) is 24.3. The highest BCUT2D eigenvalue weighted by Gasteiger charge is 2.35. The summed E-state index contributed by atoms with van der Waals surface area (Å²) in [6.07, 6.45) is -1.41. The van der Waals surface area contributed by atoms with Crippen LogP contribution in [0.2, 0.25) is 0 Å². The minimum absolute atomic E-state index is 0.0718. The molecule has 1 aromatic heterocycles. The Balaban J connectivity index is 1.72. The first-order chi connectivity index (χ1) is 17.8. The van der Waals surface area contributed by atoms with Crippen LogP contribution in [0.3, 0.4) is 0 Å². The Morgan fingerprint density at radius 2 is 1.55 bits per heavy atom. The molecule has 0 radical (unpaired) electrons. The molecule has 0 bridgehead atoms. The number of primary amides is 1. The molecule has 3 aromatic carbocycles. The second-order valence-electron chi connectivity index (χ2n) is 9.72. The Bertz CT molecular complexity index is 1640. The van der Waals surface area contributed by atoms with E-state index in [4.69, 9.17) is 5.73 Å². The molecule has 0 fully saturated rings. The fourth-order valence-corrected chi connectivity index (χ4v) is 5.33. The quantitative estimate of drug-likeness (QED) is 0.376. The number of aromatic nitrogens is 2. The third-order valence-electron chi connectivity index (χ3n) is 5.87. The van der Waals surface area contributed by atoms with Gasteiger partial charge < -0.3 is 9.92 Å². The molecule has 4 rings (SSSR count). The predicted octanol–water partition coefficient (Wildman–Crippen LogP) is 4.19. The molecule has 0 aliphatic rings. The summed E-state index contributed by atoms with van der Waals surface area (Å²) in [6.45, 7) is 5.10. The van der Waals surface area contributed by atoms with Gasteiger partial charge in [-0.15, -0.1) is 0 Å². The van der Waals surface area contributed by atoms with Crippen molar-refractivity contribution in [2.45, 2.75) is 39.4 Å². The molecule has 0 aliphatic heterocycles. The molecule has 1 heterocycles. The zero-order valence-electron chi connectivity index (χ0n) is 21.1. The lowest BCUT2D eigenvalue weighted by Crippen LogP contribution is -2.46. The smallest absolute Gasteiger partial charge is 0.334 e. The molecule has 0 saturated heterocycles. The molecular weight excluding hydrogens is 511 g/mol. The third-order valence-corrected chi connectivity index (χ3v) is 7.46. The van der Waals surface area contributed by atoms with E-state index in [0.717, 1.165) is 9.87 Å². The van der Waals surface area contributed by atoms with Crippen molar-refractivity contribution in [3.8, 4) is 11.3 Å². The van der Waals surface area contributed by atoms with Crippen LogP contribution in [0.4, 0.5) is 9.18 Å². The van der Waals surface area contributed by atoms with Gasteiger partial charge in [0.2, 0.25) is 0 Å². The largest absolute Gasteiger partial charge is 0.421 e. The molecule has 9 nitrogen and oxygen atoms in total. The van der Waals surface area contributed by atoms with Crippen LogP contribution in [0, 0.1) is 5.82 Å². The second kappa shape index (κ2) is 10.3. The molecule has 1 amide bonds. The maximum atomic E-state index is 13.3. The first kappa shape index (κ1) is 27.0. The van der Waals surface area contributed by atoms with E-state index in [9.17, 15) is 22.4 Å². The van der Waals surface area contributed by atoms with Crippen molar-refractivity contribution in [1.82, 2.24) is 14.1 Å². The lowest BCUT2D eigenvalue weighted by molar-refractivity contribution is 0.185. The molecule has 0 unspecified atom stereocenters. The fourth-order valence-electron chi connectivity index (χ4n) is 4.05. The maximum absolute atomic E-state index is 13.3. The summed E-state index contributed by atoms with van der Waals surface area (Å²) in [6, 6.07) is 20.0. The van der Waals surface area contributed by atoms with Crippen molar-refractivity contribution in [1.29, 1.82) is 0 Å². The summed E-state index contributed by atoms with van der Waals surface area (Å²) >= 11 is 0. The zero-order chi connectivity index (χ0) is 27.7. The predicted molar refractivity (Wildman–Crippen MR) is 142 cm³/mol. The Hall–Kier alpha value is -4.09. The minimum atomic E-state index is -4.43. The van der Waals surface area contributed by atoms with Gasteiger partial charge in [-0.25, -0.2) is 13.9 Å². The number of hydrogen-bond acceptors (Lipinski definition) is 6. The number of fused-ring (bicyclic) bond motifs is 1. The average molecular weight is 539 g/mol. The molecule has 38 heavy (non-hydrogen) atoms. The van der Waals surface area contributed by atoms with Crippen molar-refractivity contribution in [2.75, 3.05) is 0 Å². The summed E-state index contributed by atoms with van der Waals surface area (Å²) in [5, 5.41) is 5.77. The SMILES string of the molecule is CC(C)(C)N(Cc1ccc(-c2nn(Cc3ccc(F)cc3)c(=O)c3ccccc23)cc1)S(=O)(=O)OC(N)=O. The zero-order valence-corrected chi connectivity index (χ0v) is 21.9. The van der Waals surface area contributed by atoms with Crippen molar-refractivity contribution >= 4 is 27.2 Å². The summed E-state index contributed by atoms with van der Waals surface area (Å²) < 4.78 is 45.3. The first-order valence-electron chi connectivity index (χ1n) is 11.7. The highest BCUT2D eigenvalue weighted by molar-refractivity contribution is 7.84. The molecule has 4 aromatic rings. The van der Waals surface area contributed by atoms with E-state index in [1.807, 2.05) is 12.1 Å². The van der Waals surface area contributed by atoms with E-state index in [0.29, 0.717) is 27.6 Å². The van der Waals surface area contributed by atoms with Crippen LogP contribution in [0.1, 0.15) is 31.9 Å². The summed E-state index contributed by atoms with van der Waals surface area (Å²) in [5.41, 5.74) is 6.39. The van der Waals surface area contributed by atoms with Crippen molar-refractivity contribution in [3.63, 3.8) is 0 Å². The summed E-state index contributed by atoms with van der Waals surface area (Å²) in [5.74, 6) is -0.368. The lowest BCUT2D eigenvalue weighted by Gasteiger charge is -2.32. The normalized spacial score (nSPS) is 12.1. The molecule has 0 saturated carbocycles. The van der Waals surface area contributed by atoms with Crippen molar-refractivity contribution in [3.05, 3.63) is 100 Å². The molecular formula is C27H27FN4O5S. The van der Waals surface area contributed by atoms with Crippen molar-refractivity contribution < 1.29 is 21.8 Å². The lowest BCUT2D eigenvalue weighted by atomic mass is 10.0. The standard InChI is InChI=1S/C27H27FN4O5S/c1-27(2,3)32(38(35,36)37-26(29)34)17-19-8-12-20(13-9-19)24-22-6-4-5-7-23(22)25(33)31(30-24)16-18-10-14-21(28)15-11-18/h4-15H,16-17H2,1-3H3,(H2,29,34). The minimum Gasteiger partial charge on any atom is -0.334 e. The monoisotopic (exact) mass is 538 g/mol. The molecule has 0 spiro atoms. The molecule has 11 heteroatoms. The third kappa shape index (κ3) is 5.90. The first-order valence-corrected chi connectivity index (χ1v) is 13.1. The van der Waals surface area contributed by atoms with Gasteiger partial charge in [-0.05, 0) is 50.1 Å². The summed E-state index contributed by atoms with van der Waals surface area (Å²) in [7, 11) is -4.43. The van der Waals surface area contributed by atoms with Crippen LogP contribution in [-0.4, -0.2) is 34.1 Å². The van der Waals surface area contributed by atoms with E-state index >= 15 is 0 Å². The maximum Gasteiger partial charge on any atom is 0.421 e. The molecule has 0 aliphatic carbocycles. The van der Waals surface area contributed by atoms with Crippen LogP contribution < -0.4 is 11.3 Å². The van der Waals surface area contributed by atoms with Crippen LogP contribution in [0.5, 0.6) is 0 Å². The van der Waals surface area contributed by atoms with E-state index < -0.39 is 21.9 Å². The number of nitrogens with two attached hydrogens (primary N) is 1. The van der Waals surface area contributed by atoms with Gasteiger partial charge in [0.25, 0.3) is 5.56 Å². The number of hydrogen-bond donors (Lipinski definition) is 1. The molecule has 198 valence electrons. The number of carbonyl (C=O) groups is 1. The Kier molecular flexibility index (Phi) is 7.34. The number of carbonyl (C=O) groups excluding carboxylic acids is 1. The Morgan fingerprint density at radius 3 is 2.13 bits per heavy atom.